The molecule has 1 aromatic heterocycles. The first-order chi connectivity index (χ1) is 11.6. The Morgan fingerprint density at radius 3 is 2.83 bits per heavy atom. The number of hydrogen-bond acceptors (Lipinski definition) is 4. The second-order valence-electron chi connectivity index (χ2n) is 5.81. The molecular formula is C16H17N5O3. The average Bonchev–Trinajstić information content (AvgIpc) is 2.95. The highest BCUT2D eigenvalue weighted by atomic mass is 16.5. The second kappa shape index (κ2) is 6.74. The number of aromatic amines is 1. The normalized spacial score (nSPS) is 23.0. The Hall–Kier alpha value is -2.83. The molecule has 24 heavy (non-hydrogen) atoms. The standard InChI is InChI=1S/C16H17N5O3/c1-10-9-21(16(23)18-15(10)22)14-8-12(19-20-17)13(24-14)7-11-5-3-2-4-6-11/h2-6,9,12-14H,7-8H2,1H3,(H,18,22,23)/t12-,13-,14-/m0/s1. The summed E-state index contributed by atoms with van der Waals surface area (Å²) < 4.78 is 7.32. The lowest BCUT2D eigenvalue weighted by atomic mass is 10.0. The fourth-order valence-corrected chi connectivity index (χ4v) is 2.90. The van der Waals surface area contributed by atoms with Crippen LogP contribution in [0.2, 0.25) is 0 Å². The quantitative estimate of drug-likeness (QED) is 0.526. The van der Waals surface area contributed by atoms with Gasteiger partial charge in [-0.2, -0.15) is 0 Å². The van der Waals surface area contributed by atoms with Crippen LogP contribution in [-0.4, -0.2) is 21.7 Å². The minimum absolute atomic E-state index is 0.326. The highest BCUT2D eigenvalue weighted by molar-refractivity contribution is 5.16. The molecule has 1 aliphatic rings. The molecule has 1 aromatic carbocycles. The van der Waals surface area contributed by atoms with E-state index in [2.05, 4.69) is 15.0 Å². The van der Waals surface area contributed by atoms with Crippen molar-refractivity contribution < 1.29 is 4.74 Å². The van der Waals surface area contributed by atoms with Crippen molar-refractivity contribution in [3.05, 3.63) is 78.9 Å². The summed E-state index contributed by atoms with van der Waals surface area (Å²) in [6.45, 7) is 1.62. The Morgan fingerprint density at radius 2 is 2.12 bits per heavy atom. The summed E-state index contributed by atoms with van der Waals surface area (Å²) in [6.07, 6.45) is 1.54. The summed E-state index contributed by atoms with van der Waals surface area (Å²) >= 11 is 0. The lowest BCUT2D eigenvalue weighted by molar-refractivity contribution is -0.00235. The number of ether oxygens (including phenoxy) is 1. The van der Waals surface area contributed by atoms with Crippen molar-refractivity contribution >= 4 is 0 Å². The van der Waals surface area contributed by atoms with Gasteiger partial charge in [-0.05, 0) is 24.4 Å². The number of hydrogen-bond donors (Lipinski definition) is 1. The van der Waals surface area contributed by atoms with Crippen LogP contribution in [0.25, 0.3) is 10.4 Å². The van der Waals surface area contributed by atoms with Gasteiger partial charge in [0.1, 0.15) is 6.23 Å². The van der Waals surface area contributed by atoms with E-state index in [1.54, 1.807) is 6.92 Å². The van der Waals surface area contributed by atoms with Gasteiger partial charge < -0.3 is 4.74 Å². The van der Waals surface area contributed by atoms with Gasteiger partial charge in [0, 0.05) is 23.1 Å². The monoisotopic (exact) mass is 327 g/mol. The van der Waals surface area contributed by atoms with Gasteiger partial charge in [-0.25, -0.2) is 4.79 Å². The van der Waals surface area contributed by atoms with E-state index >= 15 is 0 Å². The van der Waals surface area contributed by atoms with Gasteiger partial charge in [-0.1, -0.05) is 35.4 Å². The molecular weight excluding hydrogens is 310 g/mol. The minimum atomic E-state index is -0.572. The number of rotatable bonds is 4. The molecule has 0 radical (unpaired) electrons. The van der Waals surface area contributed by atoms with Gasteiger partial charge >= 0.3 is 5.69 Å². The molecule has 2 aromatic rings. The van der Waals surface area contributed by atoms with Crippen LogP contribution >= 0.6 is 0 Å². The fourth-order valence-electron chi connectivity index (χ4n) is 2.90. The molecule has 8 nitrogen and oxygen atoms in total. The van der Waals surface area contributed by atoms with Crippen LogP contribution in [0.4, 0.5) is 0 Å². The molecule has 0 aliphatic carbocycles. The van der Waals surface area contributed by atoms with Crippen LogP contribution in [0.15, 0.2) is 51.2 Å². The molecule has 1 aliphatic heterocycles. The summed E-state index contributed by atoms with van der Waals surface area (Å²) in [4.78, 5) is 28.7. The first-order valence-corrected chi connectivity index (χ1v) is 7.64. The Morgan fingerprint density at radius 1 is 1.38 bits per heavy atom. The van der Waals surface area contributed by atoms with Gasteiger partial charge in [0.2, 0.25) is 0 Å². The zero-order chi connectivity index (χ0) is 17.1. The number of benzene rings is 1. The third kappa shape index (κ3) is 3.24. The molecule has 2 heterocycles. The topological polar surface area (TPSA) is 113 Å². The predicted molar refractivity (Wildman–Crippen MR) is 87.7 cm³/mol. The van der Waals surface area contributed by atoms with Crippen molar-refractivity contribution in [2.24, 2.45) is 5.11 Å². The van der Waals surface area contributed by atoms with Crippen LogP contribution in [0.1, 0.15) is 23.8 Å². The van der Waals surface area contributed by atoms with E-state index in [1.165, 1.54) is 10.8 Å². The van der Waals surface area contributed by atoms with E-state index in [0.717, 1.165) is 5.56 Å². The lowest BCUT2D eigenvalue weighted by Gasteiger charge is -2.16. The van der Waals surface area contributed by atoms with Crippen LogP contribution < -0.4 is 11.2 Å². The van der Waals surface area contributed by atoms with Crippen molar-refractivity contribution in [1.82, 2.24) is 9.55 Å². The summed E-state index contributed by atoms with van der Waals surface area (Å²) in [5.74, 6) is 0. The molecule has 0 amide bonds. The molecule has 0 bridgehead atoms. The number of nitrogens with zero attached hydrogens (tertiary/aromatic N) is 4. The maximum Gasteiger partial charge on any atom is 0.330 e. The van der Waals surface area contributed by atoms with E-state index in [9.17, 15) is 9.59 Å². The molecule has 1 fully saturated rings. The zero-order valence-corrected chi connectivity index (χ0v) is 13.1. The molecule has 3 rings (SSSR count). The number of aromatic nitrogens is 2. The van der Waals surface area contributed by atoms with Crippen molar-refractivity contribution in [2.45, 2.75) is 38.1 Å². The molecule has 1 N–H and O–H groups in total. The van der Waals surface area contributed by atoms with Crippen molar-refractivity contribution in [3.63, 3.8) is 0 Å². The summed E-state index contributed by atoms with van der Waals surface area (Å²) in [5.41, 5.74) is 9.33. The van der Waals surface area contributed by atoms with Gasteiger partial charge in [0.25, 0.3) is 5.56 Å². The molecule has 0 unspecified atom stereocenters. The van der Waals surface area contributed by atoms with E-state index in [-0.39, 0.29) is 12.1 Å². The Balaban J connectivity index is 1.87. The summed E-state index contributed by atoms with van der Waals surface area (Å²) in [6, 6.07) is 9.36. The van der Waals surface area contributed by atoms with Crippen molar-refractivity contribution in [1.29, 1.82) is 0 Å². The zero-order valence-electron chi connectivity index (χ0n) is 13.1. The molecule has 3 atom stereocenters. The smallest absolute Gasteiger partial charge is 0.330 e. The number of H-pyrrole nitrogens is 1. The molecule has 124 valence electrons. The number of azide groups is 1. The van der Waals surface area contributed by atoms with Crippen molar-refractivity contribution in [2.75, 3.05) is 0 Å². The number of aryl methyl sites for hydroxylation is 1. The minimum Gasteiger partial charge on any atom is -0.354 e. The van der Waals surface area contributed by atoms with Crippen LogP contribution in [0, 0.1) is 6.92 Å². The van der Waals surface area contributed by atoms with Gasteiger partial charge in [0.05, 0.1) is 12.1 Å². The number of nitrogens with one attached hydrogen (secondary N) is 1. The first kappa shape index (κ1) is 16.0. The van der Waals surface area contributed by atoms with E-state index in [0.29, 0.717) is 18.4 Å². The predicted octanol–water partition coefficient (Wildman–Crippen LogP) is 2.05. The van der Waals surface area contributed by atoms with Gasteiger partial charge in [-0.3, -0.25) is 14.3 Å². The lowest BCUT2D eigenvalue weighted by Crippen LogP contribution is -2.33. The van der Waals surface area contributed by atoms with Crippen LogP contribution in [0.3, 0.4) is 0 Å². The second-order valence-corrected chi connectivity index (χ2v) is 5.81. The van der Waals surface area contributed by atoms with E-state index in [4.69, 9.17) is 10.3 Å². The third-order valence-corrected chi connectivity index (χ3v) is 4.14. The Kier molecular flexibility index (Phi) is 4.50. The molecule has 8 heteroatoms. The maximum atomic E-state index is 12.0. The van der Waals surface area contributed by atoms with E-state index < -0.39 is 17.5 Å². The van der Waals surface area contributed by atoms with E-state index in [1.807, 2.05) is 30.3 Å². The van der Waals surface area contributed by atoms with Crippen LogP contribution in [-0.2, 0) is 11.2 Å². The highest BCUT2D eigenvalue weighted by Gasteiger charge is 2.36. The summed E-state index contributed by atoms with van der Waals surface area (Å²) in [7, 11) is 0. The fraction of sp³-hybridized carbons (Fsp3) is 0.375. The van der Waals surface area contributed by atoms with Gasteiger partial charge in [-0.15, -0.1) is 0 Å². The van der Waals surface area contributed by atoms with Crippen molar-refractivity contribution in [3.8, 4) is 0 Å². The third-order valence-electron chi connectivity index (χ3n) is 4.14. The molecule has 0 saturated carbocycles. The SMILES string of the molecule is Cc1cn([C@@H]2C[C@H](N=[N+]=[N-])[C@H](Cc3ccccc3)O2)c(=O)[nH]c1=O. The summed E-state index contributed by atoms with van der Waals surface area (Å²) in [5, 5.41) is 3.81. The highest BCUT2D eigenvalue weighted by Crippen LogP contribution is 2.32. The maximum absolute atomic E-state index is 12.0. The Bertz CT molecular complexity index is 883. The first-order valence-electron chi connectivity index (χ1n) is 7.64. The average molecular weight is 327 g/mol. The Labute approximate surface area is 137 Å². The molecule has 0 spiro atoms. The van der Waals surface area contributed by atoms with Gasteiger partial charge in [0.15, 0.2) is 0 Å². The van der Waals surface area contributed by atoms with Crippen LogP contribution in [0.5, 0.6) is 0 Å². The molecule has 1 saturated heterocycles. The largest absolute Gasteiger partial charge is 0.354 e.